The van der Waals surface area contributed by atoms with Crippen LogP contribution in [0.1, 0.15) is 37.8 Å². The monoisotopic (exact) mass is 283 g/mol. The van der Waals surface area contributed by atoms with Crippen LogP contribution in [0.25, 0.3) is 0 Å². The Morgan fingerprint density at radius 3 is 2.43 bits per heavy atom. The highest BCUT2D eigenvalue weighted by atomic mass is 16.1. The van der Waals surface area contributed by atoms with Crippen molar-refractivity contribution >= 4 is 5.91 Å². The number of carbonyl (C=O) groups excluding carboxylic acids is 1. The maximum absolute atomic E-state index is 11.9. The van der Waals surface area contributed by atoms with Crippen LogP contribution in [-0.2, 0) is 11.3 Å². The van der Waals surface area contributed by atoms with E-state index < -0.39 is 0 Å². The minimum Gasteiger partial charge on any atom is -0.350 e. The molecule has 0 aliphatic heterocycles. The van der Waals surface area contributed by atoms with Gasteiger partial charge in [0.2, 0.25) is 5.91 Å². The average Bonchev–Trinajstić information content (AvgIpc) is 2.53. The molecule has 0 saturated heterocycles. The lowest BCUT2D eigenvalue weighted by Crippen LogP contribution is -2.32. The summed E-state index contributed by atoms with van der Waals surface area (Å²) in [4.78, 5) is 11.9. The van der Waals surface area contributed by atoms with Crippen molar-refractivity contribution in [2.75, 3.05) is 0 Å². The molecule has 0 fully saturated rings. The molecular formula is C18H23N2O+. The zero-order valence-electron chi connectivity index (χ0n) is 12.5. The van der Waals surface area contributed by atoms with E-state index in [1.54, 1.807) is 0 Å². The van der Waals surface area contributed by atoms with Gasteiger partial charge in [-0.15, -0.1) is 0 Å². The van der Waals surface area contributed by atoms with Gasteiger partial charge in [0.25, 0.3) is 0 Å². The lowest BCUT2D eigenvalue weighted by molar-refractivity contribution is -0.697. The van der Waals surface area contributed by atoms with E-state index in [2.05, 4.69) is 22.3 Å². The molecule has 0 aliphatic rings. The SMILES string of the molecule is CC(NC(=O)CCCC[n+]1ccccc1)c1ccccc1. The summed E-state index contributed by atoms with van der Waals surface area (Å²) in [6.07, 6.45) is 6.62. The topological polar surface area (TPSA) is 33.0 Å². The van der Waals surface area contributed by atoms with E-state index in [1.165, 1.54) is 0 Å². The van der Waals surface area contributed by atoms with Gasteiger partial charge in [-0.25, -0.2) is 4.57 Å². The molecule has 1 N–H and O–H groups in total. The van der Waals surface area contributed by atoms with Crippen LogP contribution in [-0.4, -0.2) is 5.91 Å². The molecule has 1 aromatic carbocycles. The zero-order valence-corrected chi connectivity index (χ0v) is 12.5. The second-order valence-corrected chi connectivity index (χ2v) is 5.27. The second kappa shape index (κ2) is 8.20. The number of rotatable bonds is 7. The van der Waals surface area contributed by atoms with Crippen LogP contribution < -0.4 is 9.88 Å². The van der Waals surface area contributed by atoms with Gasteiger partial charge in [0, 0.05) is 25.0 Å². The van der Waals surface area contributed by atoms with Crippen molar-refractivity contribution in [1.29, 1.82) is 0 Å². The number of pyridine rings is 1. The first-order valence-electron chi connectivity index (χ1n) is 7.54. The highest BCUT2D eigenvalue weighted by Gasteiger charge is 2.09. The predicted molar refractivity (Wildman–Crippen MR) is 83.5 cm³/mol. The number of aryl methyl sites for hydroxylation is 1. The van der Waals surface area contributed by atoms with Crippen LogP contribution in [0.2, 0.25) is 0 Å². The quantitative estimate of drug-likeness (QED) is 0.615. The fourth-order valence-electron chi connectivity index (χ4n) is 2.30. The Kier molecular flexibility index (Phi) is 5.95. The number of aromatic nitrogens is 1. The fourth-order valence-corrected chi connectivity index (χ4v) is 2.30. The lowest BCUT2D eigenvalue weighted by Gasteiger charge is -2.14. The molecule has 110 valence electrons. The van der Waals surface area contributed by atoms with Crippen molar-refractivity contribution in [1.82, 2.24) is 5.32 Å². The van der Waals surface area contributed by atoms with Gasteiger partial charge in [-0.05, 0) is 18.9 Å². The summed E-state index contributed by atoms with van der Waals surface area (Å²) in [5, 5.41) is 3.05. The third-order valence-corrected chi connectivity index (χ3v) is 3.52. The van der Waals surface area contributed by atoms with Gasteiger partial charge >= 0.3 is 0 Å². The molecule has 3 heteroatoms. The molecule has 0 spiro atoms. The molecule has 0 bridgehead atoms. The average molecular weight is 283 g/mol. The number of hydrogen-bond acceptors (Lipinski definition) is 1. The molecule has 2 rings (SSSR count). The summed E-state index contributed by atoms with van der Waals surface area (Å²) in [5.74, 6) is 0.129. The van der Waals surface area contributed by atoms with Crippen molar-refractivity contribution < 1.29 is 9.36 Å². The number of unbranched alkanes of at least 4 members (excludes halogenated alkanes) is 1. The first kappa shape index (κ1) is 15.2. The lowest BCUT2D eigenvalue weighted by atomic mass is 10.1. The fraction of sp³-hybridized carbons (Fsp3) is 0.333. The van der Waals surface area contributed by atoms with Crippen LogP contribution >= 0.6 is 0 Å². The Balaban J connectivity index is 1.66. The van der Waals surface area contributed by atoms with Gasteiger partial charge in [0.05, 0.1) is 6.04 Å². The van der Waals surface area contributed by atoms with E-state index in [1.807, 2.05) is 55.5 Å². The van der Waals surface area contributed by atoms with E-state index in [0.29, 0.717) is 6.42 Å². The summed E-state index contributed by atoms with van der Waals surface area (Å²) < 4.78 is 2.14. The van der Waals surface area contributed by atoms with Crippen LogP contribution in [0.5, 0.6) is 0 Å². The van der Waals surface area contributed by atoms with E-state index >= 15 is 0 Å². The molecule has 2 aromatic rings. The zero-order chi connectivity index (χ0) is 14.9. The highest BCUT2D eigenvalue weighted by Crippen LogP contribution is 2.11. The minimum absolute atomic E-state index is 0.0715. The Labute approximate surface area is 126 Å². The molecule has 0 aliphatic carbocycles. The van der Waals surface area contributed by atoms with Crippen molar-refractivity contribution in [3.63, 3.8) is 0 Å². The molecule has 1 aromatic heterocycles. The largest absolute Gasteiger partial charge is 0.350 e. The van der Waals surface area contributed by atoms with Crippen LogP contribution in [0.4, 0.5) is 0 Å². The highest BCUT2D eigenvalue weighted by molar-refractivity contribution is 5.76. The van der Waals surface area contributed by atoms with Crippen LogP contribution in [0.15, 0.2) is 60.9 Å². The Bertz CT molecular complexity index is 540. The normalized spacial score (nSPS) is 11.9. The van der Waals surface area contributed by atoms with Crippen molar-refractivity contribution in [2.45, 2.75) is 38.8 Å². The van der Waals surface area contributed by atoms with E-state index in [-0.39, 0.29) is 11.9 Å². The first-order valence-corrected chi connectivity index (χ1v) is 7.54. The molecule has 21 heavy (non-hydrogen) atoms. The minimum atomic E-state index is 0.0715. The molecule has 1 amide bonds. The number of carbonyl (C=O) groups is 1. The van der Waals surface area contributed by atoms with Crippen molar-refractivity contribution in [3.8, 4) is 0 Å². The molecule has 0 radical (unpaired) electrons. The van der Waals surface area contributed by atoms with Gasteiger partial charge in [0.15, 0.2) is 12.4 Å². The molecule has 1 atom stereocenters. The van der Waals surface area contributed by atoms with Crippen LogP contribution in [0, 0.1) is 0 Å². The Morgan fingerprint density at radius 2 is 1.71 bits per heavy atom. The Morgan fingerprint density at radius 1 is 1.05 bits per heavy atom. The van der Waals surface area contributed by atoms with E-state index in [0.717, 1.165) is 24.9 Å². The van der Waals surface area contributed by atoms with Gasteiger partial charge in [0.1, 0.15) is 6.54 Å². The predicted octanol–water partition coefficient (Wildman–Crippen LogP) is 3.02. The van der Waals surface area contributed by atoms with Crippen molar-refractivity contribution in [2.24, 2.45) is 0 Å². The van der Waals surface area contributed by atoms with Gasteiger partial charge < -0.3 is 5.32 Å². The summed E-state index contributed by atoms with van der Waals surface area (Å²) in [6, 6.07) is 16.2. The third-order valence-electron chi connectivity index (χ3n) is 3.52. The number of benzene rings is 1. The number of amides is 1. The summed E-state index contributed by atoms with van der Waals surface area (Å²) in [5.41, 5.74) is 1.14. The van der Waals surface area contributed by atoms with E-state index in [9.17, 15) is 4.79 Å². The number of nitrogens with zero attached hydrogens (tertiary/aromatic N) is 1. The summed E-state index contributed by atoms with van der Waals surface area (Å²) in [6.45, 7) is 2.98. The summed E-state index contributed by atoms with van der Waals surface area (Å²) in [7, 11) is 0. The Hall–Kier alpha value is -2.16. The molecule has 1 unspecified atom stereocenters. The molecular weight excluding hydrogens is 260 g/mol. The summed E-state index contributed by atoms with van der Waals surface area (Å²) >= 11 is 0. The van der Waals surface area contributed by atoms with Gasteiger partial charge in [-0.1, -0.05) is 36.4 Å². The maximum Gasteiger partial charge on any atom is 0.220 e. The third kappa shape index (κ3) is 5.38. The standard InChI is InChI=1S/C18H22N2O/c1-16(17-10-4-2-5-11-17)19-18(21)12-6-9-15-20-13-7-3-8-14-20/h2-5,7-8,10-11,13-14,16H,6,9,12,15H2,1H3/p+1. The first-order chi connectivity index (χ1) is 10.3. The molecule has 1 heterocycles. The smallest absolute Gasteiger partial charge is 0.220 e. The molecule has 3 nitrogen and oxygen atoms in total. The number of nitrogens with one attached hydrogen (secondary N) is 1. The van der Waals surface area contributed by atoms with E-state index in [4.69, 9.17) is 0 Å². The van der Waals surface area contributed by atoms with Gasteiger partial charge in [-0.3, -0.25) is 4.79 Å². The van der Waals surface area contributed by atoms with Crippen LogP contribution in [0.3, 0.4) is 0 Å². The van der Waals surface area contributed by atoms with Gasteiger partial charge in [-0.2, -0.15) is 0 Å². The maximum atomic E-state index is 11.9. The molecule has 0 saturated carbocycles. The second-order valence-electron chi connectivity index (χ2n) is 5.27. The van der Waals surface area contributed by atoms with Crippen molar-refractivity contribution in [3.05, 3.63) is 66.5 Å². The number of hydrogen-bond donors (Lipinski definition) is 1.